The van der Waals surface area contributed by atoms with Crippen LogP contribution < -0.4 is 0 Å². The highest BCUT2D eigenvalue weighted by molar-refractivity contribution is 9.39. The summed E-state index contributed by atoms with van der Waals surface area (Å²) in [7, 11) is 0. The fraction of sp³-hybridized carbons (Fsp3) is 0.625. The minimum atomic E-state index is -0.359. The Labute approximate surface area is 103 Å². The van der Waals surface area contributed by atoms with Crippen molar-refractivity contribution in [3.8, 4) is 0 Å². The predicted octanol–water partition coefficient (Wildman–Crippen LogP) is 3.72. The molecule has 0 amide bonds. The van der Waals surface area contributed by atoms with Crippen molar-refractivity contribution >= 4 is 53.8 Å². The van der Waals surface area contributed by atoms with Crippen LogP contribution in [0, 0.1) is 0 Å². The van der Waals surface area contributed by atoms with Crippen molar-refractivity contribution in [3.63, 3.8) is 0 Å². The summed E-state index contributed by atoms with van der Waals surface area (Å²) in [5.74, 6) is -0.359. The molecule has 0 aromatic carbocycles. The third-order valence-electron chi connectivity index (χ3n) is 1.27. The Morgan fingerprint density at radius 2 is 2.00 bits per heavy atom. The van der Waals surface area contributed by atoms with E-state index in [1.807, 2.05) is 0 Å². The lowest BCUT2D eigenvalue weighted by Crippen LogP contribution is -2.04. The SMILES string of the molecule is C=CC(=O)OCCCCC(Br)(Br)Br. The maximum Gasteiger partial charge on any atom is 0.330 e. The molecule has 0 aliphatic heterocycles. The molecule has 0 aliphatic rings. The van der Waals surface area contributed by atoms with E-state index in [4.69, 9.17) is 4.74 Å². The molecular weight excluding hydrogens is 368 g/mol. The highest BCUT2D eigenvalue weighted by atomic mass is 80.0. The zero-order valence-corrected chi connectivity index (χ0v) is 11.8. The molecular formula is C8H11Br3O2. The van der Waals surface area contributed by atoms with Crippen LogP contribution >= 0.6 is 47.8 Å². The van der Waals surface area contributed by atoms with E-state index in [2.05, 4.69) is 54.4 Å². The second kappa shape index (κ2) is 7.01. The van der Waals surface area contributed by atoms with Gasteiger partial charge >= 0.3 is 5.97 Å². The Balaban J connectivity index is 3.27. The van der Waals surface area contributed by atoms with Gasteiger partial charge in [0.05, 0.1) is 6.61 Å². The number of carbonyl (C=O) groups is 1. The van der Waals surface area contributed by atoms with E-state index >= 15 is 0 Å². The molecule has 0 saturated carbocycles. The van der Waals surface area contributed by atoms with Crippen LogP contribution in [-0.4, -0.2) is 14.7 Å². The largest absolute Gasteiger partial charge is 0.463 e. The zero-order chi connectivity index (χ0) is 10.3. The van der Waals surface area contributed by atoms with Gasteiger partial charge < -0.3 is 4.74 Å². The van der Waals surface area contributed by atoms with Crippen LogP contribution in [0.25, 0.3) is 0 Å². The number of rotatable bonds is 5. The molecule has 0 spiro atoms. The summed E-state index contributed by atoms with van der Waals surface area (Å²) < 4.78 is 4.62. The van der Waals surface area contributed by atoms with Crippen molar-refractivity contribution in [1.82, 2.24) is 0 Å². The third kappa shape index (κ3) is 10.6. The molecule has 0 aliphatic carbocycles. The summed E-state index contributed by atoms with van der Waals surface area (Å²) in [6.07, 6.45) is 3.90. The topological polar surface area (TPSA) is 26.3 Å². The normalized spacial score (nSPS) is 11.0. The minimum absolute atomic E-state index is 0.185. The molecule has 0 atom stereocenters. The first-order valence-electron chi connectivity index (χ1n) is 3.81. The average molecular weight is 379 g/mol. The molecule has 0 unspecified atom stereocenters. The molecule has 0 aromatic rings. The number of hydrogen-bond donors (Lipinski definition) is 0. The molecule has 0 bridgehead atoms. The van der Waals surface area contributed by atoms with Crippen molar-refractivity contribution in [2.45, 2.75) is 21.4 Å². The van der Waals surface area contributed by atoms with Gasteiger partial charge in [0.2, 0.25) is 0 Å². The monoisotopic (exact) mass is 376 g/mol. The standard InChI is InChI=1S/C8H11Br3O2/c1-2-7(12)13-6-4-3-5-8(9,10)11/h2H,1,3-6H2. The molecule has 13 heavy (non-hydrogen) atoms. The van der Waals surface area contributed by atoms with Crippen LogP contribution in [0.2, 0.25) is 0 Å². The minimum Gasteiger partial charge on any atom is -0.463 e. The number of hydrogen-bond acceptors (Lipinski definition) is 2. The summed E-state index contributed by atoms with van der Waals surface area (Å²) in [4.78, 5) is 10.6. The number of halogens is 3. The molecule has 0 saturated heterocycles. The Kier molecular flexibility index (Phi) is 7.36. The van der Waals surface area contributed by atoms with E-state index in [9.17, 15) is 4.79 Å². The molecule has 0 fully saturated rings. The van der Waals surface area contributed by atoms with Gasteiger partial charge in [-0.05, 0) is 19.3 Å². The molecule has 0 N–H and O–H groups in total. The fourth-order valence-electron chi connectivity index (χ4n) is 0.659. The third-order valence-corrected chi connectivity index (χ3v) is 2.46. The quantitative estimate of drug-likeness (QED) is 0.315. The van der Waals surface area contributed by atoms with Crippen LogP contribution in [0.3, 0.4) is 0 Å². The Bertz CT molecular complexity index is 175. The van der Waals surface area contributed by atoms with Gasteiger partial charge in [-0.25, -0.2) is 4.79 Å². The van der Waals surface area contributed by atoms with Gasteiger partial charge in [-0.3, -0.25) is 0 Å². The van der Waals surface area contributed by atoms with Crippen LogP contribution in [-0.2, 0) is 9.53 Å². The van der Waals surface area contributed by atoms with Crippen molar-refractivity contribution in [2.75, 3.05) is 6.61 Å². The van der Waals surface area contributed by atoms with Gasteiger partial charge in [0.25, 0.3) is 0 Å². The van der Waals surface area contributed by atoms with E-state index in [1.165, 1.54) is 6.08 Å². The predicted molar refractivity (Wildman–Crippen MR) is 64.5 cm³/mol. The Morgan fingerprint density at radius 1 is 1.38 bits per heavy atom. The molecule has 0 radical (unpaired) electrons. The summed E-state index contributed by atoms with van der Waals surface area (Å²) in [5, 5.41) is 0. The maximum absolute atomic E-state index is 10.6. The lowest BCUT2D eigenvalue weighted by molar-refractivity contribution is -0.137. The highest BCUT2D eigenvalue weighted by Crippen LogP contribution is 2.38. The first-order valence-corrected chi connectivity index (χ1v) is 6.19. The molecule has 0 rings (SSSR count). The highest BCUT2D eigenvalue weighted by Gasteiger charge is 2.16. The number of unbranched alkanes of at least 4 members (excludes halogenated alkanes) is 1. The van der Waals surface area contributed by atoms with E-state index in [0.717, 1.165) is 19.3 Å². The number of ether oxygens (including phenoxy) is 1. The van der Waals surface area contributed by atoms with Crippen LogP contribution in [0.5, 0.6) is 0 Å². The van der Waals surface area contributed by atoms with E-state index in [1.54, 1.807) is 0 Å². The second-order valence-electron chi connectivity index (χ2n) is 2.44. The van der Waals surface area contributed by atoms with Crippen LogP contribution in [0.4, 0.5) is 0 Å². The van der Waals surface area contributed by atoms with Crippen molar-refractivity contribution in [3.05, 3.63) is 12.7 Å². The lowest BCUT2D eigenvalue weighted by atomic mass is 10.3. The van der Waals surface area contributed by atoms with Gasteiger partial charge in [0, 0.05) is 6.08 Å². The molecule has 5 heteroatoms. The molecule has 2 nitrogen and oxygen atoms in total. The van der Waals surface area contributed by atoms with Crippen LogP contribution in [0.1, 0.15) is 19.3 Å². The molecule has 76 valence electrons. The summed E-state index contributed by atoms with van der Waals surface area (Å²) in [6.45, 7) is 3.75. The molecule has 0 heterocycles. The van der Waals surface area contributed by atoms with Gasteiger partial charge in [-0.2, -0.15) is 0 Å². The number of esters is 1. The van der Waals surface area contributed by atoms with E-state index in [-0.39, 0.29) is 8.11 Å². The van der Waals surface area contributed by atoms with Crippen molar-refractivity contribution in [1.29, 1.82) is 0 Å². The number of alkyl halides is 3. The summed E-state index contributed by atoms with van der Waals surface area (Å²) >= 11 is 10.1. The van der Waals surface area contributed by atoms with Gasteiger partial charge in [-0.15, -0.1) is 0 Å². The van der Waals surface area contributed by atoms with Crippen molar-refractivity contribution < 1.29 is 9.53 Å². The Morgan fingerprint density at radius 3 is 2.46 bits per heavy atom. The average Bonchev–Trinajstić information content (AvgIpc) is 2.01. The second-order valence-corrected chi connectivity index (χ2v) is 9.70. The smallest absolute Gasteiger partial charge is 0.330 e. The maximum atomic E-state index is 10.6. The lowest BCUT2D eigenvalue weighted by Gasteiger charge is -2.10. The van der Waals surface area contributed by atoms with Crippen molar-refractivity contribution in [2.24, 2.45) is 0 Å². The summed E-state index contributed by atoms with van der Waals surface area (Å²) in [6, 6.07) is 0. The first kappa shape index (κ1) is 13.7. The van der Waals surface area contributed by atoms with Gasteiger partial charge in [0.15, 0.2) is 0 Å². The first-order chi connectivity index (χ1) is 5.95. The van der Waals surface area contributed by atoms with Crippen LogP contribution in [0.15, 0.2) is 12.7 Å². The summed E-state index contributed by atoms with van der Waals surface area (Å²) in [5.41, 5.74) is 0. The van der Waals surface area contributed by atoms with E-state index < -0.39 is 0 Å². The Hall–Kier alpha value is 0.650. The van der Waals surface area contributed by atoms with Gasteiger partial charge in [0.1, 0.15) is 2.14 Å². The number of carbonyl (C=O) groups excluding carboxylic acids is 1. The fourth-order valence-corrected chi connectivity index (χ4v) is 1.50. The molecule has 0 aromatic heterocycles. The van der Waals surface area contributed by atoms with E-state index in [0.29, 0.717) is 6.61 Å². The zero-order valence-electron chi connectivity index (χ0n) is 7.06. The van der Waals surface area contributed by atoms with Gasteiger partial charge in [-0.1, -0.05) is 54.4 Å².